The van der Waals surface area contributed by atoms with Gasteiger partial charge < -0.3 is 15.6 Å². The number of carbonyl (C=O) groups is 1. The predicted octanol–water partition coefficient (Wildman–Crippen LogP) is 1.63. The number of benzene rings is 1. The molecule has 0 aliphatic carbocycles. The molecule has 0 aliphatic rings. The van der Waals surface area contributed by atoms with Gasteiger partial charge in [-0.15, -0.1) is 0 Å². The fraction of sp³-hybridized carbons (Fsp3) is 0.357. The molecule has 2 rings (SSSR count). The minimum Gasteiger partial charge on any atom is -0.359 e. The van der Waals surface area contributed by atoms with Crippen LogP contribution in [0, 0.1) is 0 Å². The first kappa shape index (κ1) is 12.6. The zero-order valence-corrected chi connectivity index (χ0v) is 10.6. The summed E-state index contributed by atoms with van der Waals surface area (Å²) in [5.41, 5.74) is 8.10. The standard InChI is InChI=1S/C14H19N3O/c1-16-14(18)7-4-8-17-10-11(9-15)12-5-2-3-6-13(12)17/h2-3,5-6,10H,4,7-9,15H2,1H3,(H,16,18). The number of fused-ring (bicyclic) bond motifs is 1. The van der Waals surface area contributed by atoms with Crippen LogP contribution in [-0.2, 0) is 17.9 Å². The number of carbonyl (C=O) groups excluding carboxylic acids is 1. The van der Waals surface area contributed by atoms with Crippen molar-refractivity contribution < 1.29 is 4.79 Å². The summed E-state index contributed by atoms with van der Waals surface area (Å²) in [4.78, 5) is 11.2. The van der Waals surface area contributed by atoms with Gasteiger partial charge in [0.25, 0.3) is 0 Å². The Morgan fingerprint density at radius 1 is 1.39 bits per heavy atom. The van der Waals surface area contributed by atoms with Gasteiger partial charge in [-0.2, -0.15) is 0 Å². The second-order valence-electron chi connectivity index (χ2n) is 4.35. The average molecular weight is 245 g/mol. The summed E-state index contributed by atoms with van der Waals surface area (Å²) < 4.78 is 2.18. The third-order valence-electron chi connectivity index (χ3n) is 3.17. The van der Waals surface area contributed by atoms with E-state index in [1.165, 1.54) is 10.9 Å². The normalized spacial score (nSPS) is 10.8. The Labute approximate surface area is 107 Å². The van der Waals surface area contributed by atoms with Gasteiger partial charge in [0, 0.05) is 43.7 Å². The predicted molar refractivity (Wildman–Crippen MR) is 73.1 cm³/mol. The first-order valence-electron chi connectivity index (χ1n) is 6.23. The Balaban J connectivity index is 2.15. The fourth-order valence-electron chi connectivity index (χ4n) is 2.21. The first-order valence-corrected chi connectivity index (χ1v) is 6.23. The molecule has 0 radical (unpaired) electrons. The van der Waals surface area contributed by atoms with E-state index in [1.54, 1.807) is 7.05 Å². The number of amides is 1. The number of aromatic nitrogens is 1. The van der Waals surface area contributed by atoms with Crippen LogP contribution < -0.4 is 11.1 Å². The summed E-state index contributed by atoms with van der Waals surface area (Å²) in [6, 6.07) is 8.23. The molecule has 0 unspecified atom stereocenters. The molecule has 1 aromatic heterocycles. The molecule has 1 heterocycles. The number of nitrogens with zero attached hydrogens (tertiary/aromatic N) is 1. The molecular formula is C14H19N3O. The molecule has 1 aromatic carbocycles. The van der Waals surface area contributed by atoms with E-state index in [0.29, 0.717) is 13.0 Å². The van der Waals surface area contributed by atoms with Crippen molar-refractivity contribution in [3.63, 3.8) is 0 Å². The van der Waals surface area contributed by atoms with Gasteiger partial charge in [0.2, 0.25) is 5.91 Å². The SMILES string of the molecule is CNC(=O)CCCn1cc(CN)c2ccccc21. The van der Waals surface area contributed by atoms with Crippen molar-refractivity contribution in [3.05, 3.63) is 36.0 Å². The quantitative estimate of drug-likeness (QED) is 0.841. The summed E-state index contributed by atoms with van der Waals surface area (Å²) >= 11 is 0. The zero-order valence-electron chi connectivity index (χ0n) is 10.6. The molecule has 4 nitrogen and oxygen atoms in total. The van der Waals surface area contributed by atoms with Crippen LogP contribution in [0.5, 0.6) is 0 Å². The number of aryl methyl sites for hydroxylation is 1. The van der Waals surface area contributed by atoms with Crippen LogP contribution in [0.25, 0.3) is 10.9 Å². The van der Waals surface area contributed by atoms with Crippen molar-refractivity contribution in [2.45, 2.75) is 25.9 Å². The maximum atomic E-state index is 11.2. The van der Waals surface area contributed by atoms with Crippen LogP contribution in [0.2, 0.25) is 0 Å². The zero-order chi connectivity index (χ0) is 13.0. The van der Waals surface area contributed by atoms with Crippen LogP contribution in [-0.4, -0.2) is 17.5 Å². The summed E-state index contributed by atoms with van der Waals surface area (Å²) in [6.07, 6.45) is 3.48. The lowest BCUT2D eigenvalue weighted by molar-refractivity contribution is -0.120. The largest absolute Gasteiger partial charge is 0.359 e. The van der Waals surface area contributed by atoms with E-state index in [4.69, 9.17) is 5.73 Å². The van der Waals surface area contributed by atoms with Gasteiger partial charge in [-0.25, -0.2) is 0 Å². The molecule has 0 spiro atoms. The average Bonchev–Trinajstić information content (AvgIpc) is 2.77. The highest BCUT2D eigenvalue weighted by molar-refractivity contribution is 5.84. The van der Waals surface area contributed by atoms with Crippen LogP contribution in [0.3, 0.4) is 0 Å². The Morgan fingerprint density at radius 2 is 2.17 bits per heavy atom. The van der Waals surface area contributed by atoms with Crippen molar-refractivity contribution in [3.8, 4) is 0 Å². The number of hydrogen-bond acceptors (Lipinski definition) is 2. The highest BCUT2D eigenvalue weighted by Crippen LogP contribution is 2.21. The molecule has 18 heavy (non-hydrogen) atoms. The van der Waals surface area contributed by atoms with Gasteiger partial charge >= 0.3 is 0 Å². The smallest absolute Gasteiger partial charge is 0.219 e. The lowest BCUT2D eigenvalue weighted by atomic mass is 10.2. The van der Waals surface area contributed by atoms with Crippen molar-refractivity contribution >= 4 is 16.8 Å². The molecule has 4 heteroatoms. The summed E-state index contributed by atoms with van der Waals surface area (Å²) in [6.45, 7) is 1.39. The maximum Gasteiger partial charge on any atom is 0.219 e. The number of hydrogen-bond donors (Lipinski definition) is 2. The number of para-hydroxylation sites is 1. The maximum absolute atomic E-state index is 11.2. The van der Waals surface area contributed by atoms with E-state index in [9.17, 15) is 4.79 Å². The van der Waals surface area contributed by atoms with Crippen LogP contribution in [0.15, 0.2) is 30.5 Å². The monoisotopic (exact) mass is 245 g/mol. The molecule has 1 amide bonds. The molecule has 0 atom stereocenters. The lowest BCUT2D eigenvalue weighted by Gasteiger charge is -2.04. The van der Waals surface area contributed by atoms with E-state index >= 15 is 0 Å². The molecule has 0 saturated heterocycles. The molecule has 0 aliphatic heterocycles. The van der Waals surface area contributed by atoms with Gasteiger partial charge in [0.15, 0.2) is 0 Å². The van der Waals surface area contributed by atoms with Crippen molar-refractivity contribution in [1.29, 1.82) is 0 Å². The van der Waals surface area contributed by atoms with Crippen molar-refractivity contribution in [1.82, 2.24) is 9.88 Å². The van der Waals surface area contributed by atoms with Crippen molar-refractivity contribution in [2.24, 2.45) is 5.73 Å². The molecular weight excluding hydrogens is 226 g/mol. The van der Waals surface area contributed by atoms with Gasteiger partial charge in [0.1, 0.15) is 0 Å². The summed E-state index contributed by atoms with van der Waals surface area (Å²) in [5, 5.41) is 3.84. The molecule has 96 valence electrons. The van der Waals surface area contributed by atoms with E-state index in [2.05, 4.69) is 28.2 Å². The molecule has 3 N–H and O–H groups in total. The topological polar surface area (TPSA) is 60.0 Å². The second-order valence-corrected chi connectivity index (χ2v) is 4.35. The van der Waals surface area contributed by atoms with Crippen LogP contribution in [0.4, 0.5) is 0 Å². The fourth-order valence-corrected chi connectivity index (χ4v) is 2.21. The Morgan fingerprint density at radius 3 is 2.89 bits per heavy atom. The molecule has 0 bridgehead atoms. The minimum absolute atomic E-state index is 0.0884. The minimum atomic E-state index is 0.0884. The molecule has 0 saturated carbocycles. The number of nitrogens with two attached hydrogens (primary N) is 1. The highest BCUT2D eigenvalue weighted by Gasteiger charge is 2.06. The van der Waals surface area contributed by atoms with Gasteiger partial charge in [-0.1, -0.05) is 18.2 Å². The number of nitrogens with one attached hydrogen (secondary N) is 1. The number of rotatable bonds is 5. The third-order valence-corrected chi connectivity index (χ3v) is 3.17. The van der Waals surface area contributed by atoms with Gasteiger partial charge in [-0.3, -0.25) is 4.79 Å². The highest BCUT2D eigenvalue weighted by atomic mass is 16.1. The Hall–Kier alpha value is -1.81. The lowest BCUT2D eigenvalue weighted by Crippen LogP contribution is -2.17. The summed E-state index contributed by atoms with van der Waals surface area (Å²) in [5.74, 6) is 0.0884. The molecule has 0 fully saturated rings. The summed E-state index contributed by atoms with van der Waals surface area (Å²) in [7, 11) is 1.67. The van der Waals surface area contributed by atoms with Crippen molar-refractivity contribution in [2.75, 3.05) is 7.05 Å². The van der Waals surface area contributed by atoms with Gasteiger partial charge in [-0.05, 0) is 18.1 Å². The van der Waals surface area contributed by atoms with E-state index in [0.717, 1.165) is 18.5 Å². The Bertz CT molecular complexity index is 545. The van der Waals surface area contributed by atoms with E-state index in [1.807, 2.05) is 12.1 Å². The van der Waals surface area contributed by atoms with E-state index in [-0.39, 0.29) is 5.91 Å². The van der Waals surface area contributed by atoms with Crippen LogP contribution in [0.1, 0.15) is 18.4 Å². The first-order chi connectivity index (χ1) is 8.76. The molecule has 2 aromatic rings. The van der Waals surface area contributed by atoms with Gasteiger partial charge in [0.05, 0.1) is 0 Å². The second kappa shape index (κ2) is 5.69. The Kier molecular flexibility index (Phi) is 3.99. The van der Waals surface area contributed by atoms with E-state index < -0.39 is 0 Å². The third kappa shape index (κ3) is 2.54. The van der Waals surface area contributed by atoms with Crippen LogP contribution >= 0.6 is 0 Å².